The minimum atomic E-state index is -0.177. The predicted octanol–water partition coefficient (Wildman–Crippen LogP) is 2.00. The van der Waals surface area contributed by atoms with Gasteiger partial charge in [0.1, 0.15) is 5.82 Å². The second kappa shape index (κ2) is 4.96. The number of rotatable bonds is 4. The van der Waals surface area contributed by atoms with E-state index >= 15 is 0 Å². The first kappa shape index (κ1) is 11.0. The first-order chi connectivity index (χ1) is 6.65. The third-order valence-electron chi connectivity index (χ3n) is 2.09. The van der Waals surface area contributed by atoms with Crippen LogP contribution in [0.1, 0.15) is 12.5 Å². The molecule has 1 aromatic carbocycles. The number of hydrogen-bond acceptors (Lipinski definition) is 2. The summed E-state index contributed by atoms with van der Waals surface area (Å²) in [5, 5.41) is 3.19. The highest BCUT2D eigenvalue weighted by Crippen LogP contribution is 2.19. The zero-order valence-corrected chi connectivity index (χ0v) is 8.97. The van der Waals surface area contributed by atoms with Crippen LogP contribution in [0.15, 0.2) is 18.2 Å². The molecule has 0 saturated carbocycles. The minimum Gasteiger partial charge on any atom is -0.377 e. The maximum Gasteiger partial charge on any atom is 0.123 e. The molecule has 14 heavy (non-hydrogen) atoms. The lowest BCUT2D eigenvalue weighted by Gasteiger charge is -2.17. The van der Waals surface area contributed by atoms with Gasteiger partial charge in [0, 0.05) is 26.3 Å². The molecule has 0 aliphatic heterocycles. The van der Waals surface area contributed by atoms with Crippen molar-refractivity contribution in [3.63, 3.8) is 0 Å². The fourth-order valence-corrected chi connectivity index (χ4v) is 1.39. The van der Waals surface area contributed by atoms with Crippen molar-refractivity contribution in [2.24, 2.45) is 0 Å². The molecular weight excluding hydrogens is 179 g/mol. The van der Waals surface area contributed by atoms with Gasteiger partial charge >= 0.3 is 0 Å². The number of halogens is 1. The van der Waals surface area contributed by atoms with E-state index in [1.165, 1.54) is 6.07 Å². The second-order valence-electron chi connectivity index (χ2n) is 3.45. The quantitative estimate of drug-likeness (QED) is 0.792. The SMILES string of the molecule is CCNCc1cc(F)ccc1N(C)C. The third-order valence-corrected chi connectivity index (χ3v) is 2.09. The highest BCUT2D eigenvalue weighted by Gasteiger charge is 2.04. The van der Waals surface area contributed by atoms with Crippen LogP contribution in [0.25, 0.3) is 0 Å². The van der Waals surface area contributed by atoms with Crippen molar-refractivity contribution in [2.75, 3.05) is 25.5 Å². The number of hydrogen-bond donors (Lipinski definition) is 1. The maximum atomic E-state index is 13.0. The van der Waals surface area contributed by atoms with Gasteiger partial charge in [-0.2, -0.15) is 0 Å². The summed E-state index contributed by atoms with van der Waals surface area (Å²) >= 11 is 0. The Balaban J connectivity index is 2.91. The molecule has 0 spiro atoms. The Labute approximate surface area is 84.7 Å². The van der Waals surface area contributed by atoms with Gasteiger partial charge in [0.15, 0.2) is 0 Å². The zero-order valence-electron chi connectivity index (χ0n) is 8.97. The van der Waals surface area contributed by atoms with E-state index in [0.717, 1.165) is 17.8 Å². The molecule has 0 saturated heterocycles. The third kappa shape index (κ3) is 2.70. The molecule has 0 aliphatic carbocycles. The van der Waals surface area contributed by atoms with Gasteiger partial charge in [-0.15, -0.1) is 0 Å². The molecule has 0 atom stereocenters. The van der Waals surface area contributed by atoms with Crippen LogP contribution >= 0.6 is 0 Å². The molecule has 0 unspecified atom stereocenters. The van der Waals surface area contributed by atoms with Crippen LogP contribution in [0.3, 0.4) is 0 Å². The number of anilines is 1. The molecule has 1 aromatic rings. The van der Waals surface area contributed by atoms with Crippen molar-refractivity contribution < 1.29 is 4.39 Å². The lowest BCUT2D eigenvalue weighted by Crippen LogP contribution is -2.17. The van der Waals surface area contributed by atoms with E-state index in [1.807, 2.05) is 32.0 Å². The average Bonchev–Trinajstić information content (AvgIpc) is 2.14. The van der Waals surface area contributed by atoms with Gasteiger partial charge in [-0.3, -0.25) is 0 Å². The molecule has 0 amide bonds. The Hall–Kier alpha value is -1.09. The molecule has 0 fully saturated rings. The van der Waals surface area contributed by atoms with Crippen molar-refractivity contribution in [1.82, 2.24) is 5.32 Å². The van der Waals surface area contributed by atoms with Crippen LogP contribution in [0, 0.1) is 5.82 Å². The molecule has 1 N–H and O–H groups in total. The Kier molecular flexibility index (Phi) is 3.89. The highest BCUT2D eigenvalue weighted by molar-refractivity contribution is 5.52. The monoisotopic (exact) mass is 196 g/mol. The van der Waals surface area contributed by atoms with Gasteiger partial charge in [0.05, 0.1) is 0 Å². The van der Waals surface area contributed by atoms with E-state index in [2.05, 4.69) is 5.32 Å². The summed E-state index contributed by atoms with van der Waals surface area (Å²) in [6.07, 6.45) is 0. The number of nitrogens with zero attached hydrogens (tertiary/aromatic N) is 1. The van der Waals surface area contributed by atoms with Crippen LogP contribution in [-0.2, 0) is 6.54 Å². The summed E-state index contributed by atoms with van der Waals surface area (Å²) in [6, 6.07) is 4.88. The van der Waals surface area contributed by atoms with Gasteiger partial charge in [-0.1, -0.05) is 6.92 Å². The van der Waals surface area contributed by atoms with Crippen LogP contribution in [0.5, 0.6) is 0 Å². The fraction of sp³-hybridized carbons (Fsp3) is 0.455. The van der Waals surface area contributed by atoms with Gasteiger partial charge in [0.2, 0.25) is 0 Å². The topological polar surface area (TPSA) is 15.3 Å². The van der Waals surface area contributed by atoms with Gasteiger partial charge in [-0.25, -0.2) is 4.39 Å². The van der Waals surface area contributed by atoms with E-state index in [9.17, 15) is 4.39 Å². The minimum absolute atomic E-state index is 0.177. The van der Waals surface area contributed by atoms with Crippen LogP contribution in [-0.4, -0.2) is 20.6 Å². The largest absolute Gasteiger partial charge is 0.377 e. The lowest BCUT2D eigenvalue weighted by molar-refractivity contribution is 0.622. The molecule has 3 heteroatoms. The second-order valence-corrected chi connectivity index (χ2v) is 3.45. The molecule has 0 aromatic heterocycles. The maximum absolute atomic E-state index is 13.0. The summed E-state index contributed by atoms with van der Waals surface area (Å²) in [7, 11) is 3.92. The van der Waals surface area contributed by atoms with Crippen molar-refractivity contribution in [1.29, 1.82) is 0 Å². The van der Waals surface area contributed by atoms with Crippen LogP contribution in [0.2, 0.25) is 0 Å². The Bertz CT molecular complexity index is 297. The molecule has 0 heterocycles. The molecule has 0 aliphatic rings. The normalized spacial score (nSPS) is 10.3. The lowest BCUT2D eigenvalue weighted by atomic mass is 10.1. The van der Waals surface area contributed by atoms with Crippen molar-refractivity contribution in [3.05, 3.63) is 29.6 Å². The number of nitrogens with one attached hydrogen (secondary N) is 1. The van der Waals surface area contributed by atoms with Crippen LogP contribution < -0.4 is 10.2 Å². The molecule has 78 valence electrons. The molecule has 0 radical (unpaired) electrons. The first-order valence-electron chi connectivity index (χ1n) is 4.81. The fourth-order valence-electron chi connectivity index (χ4n) is 1.39. The summed E-state index contributed by atoms with van der Waals surface area (Å²) < 4.78 is 13.0. The van der Waals surface area contributed by atoms with Crippen LogP contribution in [0.4, 0.5) is 10.1 Å². The summed E-state index contributed by atoms with van der Waals surface area (Å²) in [5.41, 5.74) is 2.06. The van der Waals surface area contributed by atoms with Gasteiger partial charge in [0.25, 0.3) is 0 Å². The Morgan fingerprint density at radius 1 is 1.36 bits per heavy atom. The predicted molar refractivity (Wildman–Crippen MR) is 58.1 cm³/mol. The average molecular weight is 196 g/mol. The zero-order chi connectivity index (χ0) is 10.6. The molecule has 2 nitrogen and oxygen atoms in total. The van der Waals surface area contributed by atoms with E-state index < -0.39 is 0 Å². The standard InChI is InChI=1S/C11H17FN2/c1-4-13-8-9-7-10(12)5-6-11(9)14(2)3/h5-7,13H,4,8H2,1-3H3. The molecular formula is C11H17FN2. The van der Waals surface area contributed by atoms with Crippen molar-refractivity contribution in [3.8, 4) is 0 Å². The smallest absolute Gasteiger partial charge is 0.123 e. The van der Waals surface area contributed by atoms with E-state index in [1.54, 1.807) is 6.07 Å². The van der Waals surface area contributed by atoms with E-state index in [-0.39, 0.29) is 5.82 Å². The van der Waals surface area contributed by atoms with Gasteiger partial charge in [-0.05, 0) is 30.3 Å². The molecule has 1 rings (SSSR count). The summed E-state index contributed by atoms with van der Waals surface area (Å²) in [5.74, 6) is -0.177. The molecule has 0 bridgehead atoms. The van der Waals surface area contributed by atoms with Crippen molar-refractivity contribution in [2.45, 2.75) is 13.5 Å². The van der Waals surface area contributed by atoms with Crippen molar-refractivity contribution >= 4 is 5.69 Å². The summed E-state index contributed by atoms with van der Waals surface area (Å²) in [6.45, 7) is 3.64. The number of benzene rings is 1. The van der Waals surface area contributed by atoms with E-state index in [4.69, 9.17) is 0 Å². The van der Waals surface area contributed by atoms with Gasteiger partial charge < -0.3 is 10.2 Å². The Morgan fingerprint density at radius 2 is 2.07 bits per heavy atom. The summed E-state index contributed by atoms with van der Waals surface area (Å²) in [4.78, 5) is 1.99. The first-order valence-corrected chi connectivity index (χ1v) is 4.81. The van der Waals surface area contributed by atoms with E-state index in [0.29, 0.717) is 6.54 Å². The Morgan fingerprint density at radius 3 is 2.64 bits per heavy atom. The highest BCUT2D eigenvalue weighted by atomic mass is 19.1.